The van der Waals surface area contributed by atoms with Crippen molar-refractivity contribution in [3.05, 3.63) is 136 Å². The number of hydrogen-bond acceptors (Lipinski definition) is 5. The zero-order valence-corrected chi connectivity index (χ0v) is 25.8. The first-order valence-electron chi connectivity index (χ1n) is 13.7. The Morgan fingerprint density at radius 2 is 1.43 bits per heavy atom. The van der Waals surface area contributed by atoms with Crippen LogP contribution in [0.5, 0.6) is 0 Å². The molecule has 1 N–H and O–H groups in total. The van der Waals surface area contributed by atoms with Crippen molar-refractivity contribution in [1.82, 2.24) is 5.32 Å². The summed E-state index contributed by atoms with van der Waals surface area (Å²) in [6.07, 6.45) is 0. The molecule has 0 aliphatic heterocycles. The third-order valence-electron chi connectivity index (χ3n) is 7.10. The van der Waals surface area contributed by atoms with E-state index in [2.05, 4.69) is 50.4 Å². The predicted octanol–water partition coefficient (Wildman–Crippen LogP) is 6.16. The standard InChI is InChI=1S/C33H35FN2O4SSi/c1-33(2,3)42(27-16-9-5-10-17-27,28-18-11-6-12-19-28)40-24-26(23-39-22-25-14-7-4-8-15-25)35-32(41)29-20-13-21-30(31(29)34)36(37)38/h4-21,26H,22-24H2,1-3H3,(H,35,41). The molecule has 0 saturated carbocycles. The van der Waals surface area contributed by atoms with E-state index in [4.69, 9.17) is 21.4 Å². The monoisotopic (exact) mass is 602 g/mol. The fourth-order valence-corrected chi connectivity index (χ4v) is 10.0. The lowest BCUT2D eigenvalue weighted by Gasteiger charge is -2.43. The Bertz CT molecular complexity index is 1450. The van der Waals surface area contributed by atoms with Crippen LogP contribution < -0.4 is 15.7 Å². The summed E-state index contributed by atoms with van der Waals surface area (Å²) in [4.78, 5) is 10.6. The Labute approximate surface area is 252 Å². The van der Waals surface area contributed by atoms with Crippen LogP contribution in [0.25, 0.3) is 0 Å². The van der Waals surface area contributed by atoms with Gasteiger partial charge in [-0.25, -0.2) is 0 Å². The van der Waals surface area contributed by atoms with Crippen LogP contribution in [0.1, 0.15) is 31.9 Å². The summed E-state index contributed by atoms with van der Waals surface area (Å²) in [5, 5.41) is 16.5. The van der Waals surface area contributed by atoms with E-state index in [9.17, 15) is 10.1 Å². The molecule has 1 atom stereocenters. The molecule has 9 heteroatoms. The van der Waals surface area contributed by atoms with Gasteiger partial charge in [0, 0.05) is 6.07 Å². The molecule has 0 aliphatic rings. The molecule has 6 nitrogen and oxygen atoms in total. The van der Waals surface area contributed by atoms with Gasteiger partial charge in [0.05, 0.1) is 36.3 Å². The SMILES string of the molecule is CC(C)(C)[Si](OCC(COCc1ccccc1)NC(=S)c1cccc([N+](=O)[O-])c1F)(c1ccccc1)c1ccccc1. The van der Waals surface area contributed by atoms with E-state index in [-0.39, 0.29) is 28.8 Å². The summed E-state index contributed by atoms with van der Waals surface area (Å²) in [7, 11) is -2.88. The maximum atomic E-state index is 15.0. The van der Waals surface area contributed by atoms with Gasteiger partial charge in [0.2, 0.25) is 5.82 Å². The fraction of sp³-hybridized carbons (Fsp3) is 0.242. The Morgan fingerprint density at radius 1 is 0.881 bits per heavy atom. The van der Waals surface area contributed by atoms with Crippen molar-refractivity contribution in [2.45, 2.75) is 38.5 Å². The maximum absolute atomic E-state index is 15.0. The minimum absolute atomic E-state index is 0.0438. The van der Waals surface area contributed by atoms with Gasteiger partial charge in [-0.3, -0.25) is 10.1 Å². The topological polar surface area (TPSA) is 73.6 Å². The summed E-state index contributed by atoms with van der Waals surface area (Å²) < 4.78 is 28.2. The van der Waals surface area contributed by atoms with Crippen LogP contribution in [0.15, 0.2) is 109 Å². The molecule has 4 aromatic carbocycles. The Balaban J connectivity index is 1.66. The third-order valence-corrected chi connectivity index (χ3v) is 12.4. The Kier molecular flexibility index (Phi) is 10.3. The molecule has 0 spiro atoms. The molecule has 4 aromatic rings. The highest BCUT2D eigenvalue weighted by atomic mass is 32.1. The number of ether oxygens (including phenoxy) is 1. The summed E-state index contributed by atoms with van der Waals surface area (Å²) >= 11 is 5.57. The van der Waals surface area contributed by atoms with Crippen molar-refractivity contribution in [3.8, 4) is 0 Å². The Morgan fingerprint density at radius 3 is 1.95 bits per heavy atom. The van der Waals surface area contributed by atoms with Crippen molar-refractivity contribution >= 4 is 41.6 Å². The van der Waals surface area contributed by atoms with E-state index >= 15 is 4.39 Å². The summed E-state index contributed by atoms with van der Waals surface area (Å²) in [5.74, 6) is -0.975. The van der Waals surface area contributed by atoms with Gasteiger partial charge in [0.1, 0.15) is 4.99 Å². The zero-order valence-electron chi connectivity index (χ0n) is 24.0. The highest BCUT2D eigenvalue weighted by Gasteiger charge is 2.50. The molecule has 0 aliphatic carbocycles. The summed E-state index contributed by atoms with van der Waals surface area (Å²) in [5.41, 5.74) is 0.339. The largest absolute Gasteiger partial charge is 0.405 e. The van der Waals surface area contributed by atoms with Crippen LogP contribution in [-0.2, 0) is 15.8 Å². The molecule has 0 radical (unpaired) electrons. The fourth-order valence-electron chi connectivity index (χ4n) is 5.11. The smallest absolute Gasteiger partial charge is 0.305 e. The minimum Gasteiger partial charge on any atom is -0.405 e. The highest BCUT2D eigenvalue weighted by Crippen LogP contribution is 2.36. The van der Waals surface area contributed by atoms with Crippen LogP contribution in [0, 0.1) is 15.9 Å². The first-order valence-corrected chi connectivity index (χ1v) is 16.1. The number of hydrogen-bond donors (Lipinski definition) is 1. The van der Waals surface area contributed by atoms with E-state index in [1.807, 2.05) is 66.7 Å². The lowest BCUT2D eigenvalue weighted by atomic mass is 10.1. The zero-order chi connectivity index (χ0) is 30.2. The molecule has 0 bridgehead atoms. The van der Waals surface area contributed by atoms with Crippen molar-refractivity contribution in [2.75, 3.05) is 13.2 Å². The van der Waals surface area contributed by atoms with Gasteiger partial charge < -0.3 is 14.5 Å². The number of nitro benzene ring substituents is 1. The van der Waals surface area contributed by atoms with Crippen molar-refractivity contribution in [2.24, 2.45) is 0 Å². The molecule has 0 amide bonds. The first-order chi connectivity index (χ1) is 20.1. The van der Waals surface area contributed by atoms with E-state index in [1.54, 1.807) is 0 Å². The average molecular weight is 603 g/mol. The lowest BCUT2D eigenvalue weighted by Crippen LogP contribution is -2.67. The van der Waals surface area contributed by atoms with Crippen LogP contribution >= 0.6 is 12.2 Å². The molecular formula is C33H35FN2O4SSi. The van der Waals surface area contributed by atoms with Gasteiger partial charge in [-0.05, 0) is 27.0 Å². The number of rotatable bonds is 12. The van der Waals surface area contributed by atoms with Crippen LogP contribution in [-0.4, -0.2) is 37.5 Å². The van der Waals surface area contributed by atoms with Crippen molar-refractivity contribution in [3.63, 3.8) is 0 Å². The number of halogens is 1. The molecule has 0 saturated heterocycles. The molecule has 42 heavy (non-hydrogen) atoms. The van der Waals surface area contributed by atoms with E-state index < -0.39 is 30.8 Å². The van der Waals surface area contributed by atoms with Crippen LogP contribution in [0.4, 0.5) is 10.1 Å². The second kappa shape index (κ2) is 13.9. The van der Waals surface area contributed by atoms with Crippen molar-refractivity contribution < 1.29 is 18.5 Å². The summed E-state index contributed by atoms with van der Waals surface area (Å²) in [6.45, 7) is 7.36. The van der Waals surface area contributed by atoms with Crippen molar-refractivity contribution in [1.29, 1.82) is 0 Å². The molecule has 4 rings (SSSR count). The van der Waals surface area contributed by atoms with E-state index in [1.165, 1.54) is 12.1 Å². The number of nitro groups is 1. The number of thiocarbonyl (C=S) groups is 1. The second-order valence-corrected chi connectivity index (χ2v) is 15.8. The third kappa shape index (κ3) is 7.17. The van der Waals surface area contributed by atoms with Gasteiger partial charge in [0.15, 0.2) is 0 Å². The van der Waals surface area contributed by atoms with Gasteiger partial charge in [0.25, 0.3) is 8.32 Å². The minimum atomic E-state index is -2.88. The number of benzene rings is 4. The highest BCUT2D eigenvalue weighted by molar-refractivity contribution is 7.80. The van der Waals surface area contributed by atoms with Gasteiger partial charge in [-0.2, -0.15) is 4.39 Å². The normalized spacial score (nSPS) is 12.5. The molecule has 0 heterocycles. The average Bonchev–Trinajstić information content (AvgIpc) is 2.98. The quantitative estimate of drug-likeness (QED) is 0.0906. The van der Waals surface area contributed by atoms with E-state index in [0.29, 0.717) is 6.61 Å². The number of nitrogens with one attached hydrogen (secondary N) is 1. The van der Waals surface area contributed by atoms with Gasteiger partial charge >= 0.3 is 5.69 Å². The second-order valence-electron chi connectivity index (χ2n) is 11.0. The first kappa shape index (κ1) is 31.2. The summed E-state index contributed by atoms with van der Waals surface area (Å²) in [6, 6.07) is 33.8. The molecule has 218 valence electrons. The van der Waals surface area contributed by atoms with Crippen LogP contribution in [0.3, 0.4) is 0 Å². The molecule has 0 aromatic heterocycles. The van der Waals surface area contributed by atoms with Gasteiger partial charge in [-0.15, -0.1) is 0 Å². The van der Waals surface area contributed by atoms with Crippen LogP contribution in [0.2, 0.25) is 5.04 Å². The molecule has 0 fully saturated rings. The number of nitrogens with zero attached hydrogens (tertiary/aromatic N) is 1. The molecule has 1 unspecified atom stereocenters. The predicted molar refractivity (Wildman–Crippen MR) is 171 cm³/mol. The van der Waals surface area contributed by atoms with Gasteiger partial charge in [-0.1, -0.05) is 130 Å². The maximum Gasteiger partial charge on any atom is 0.305 e. The Hall–Kier alpha value is -3.76. The van der Waals surface area contributed by atoms with E-state index in [0.717, 1.165) is 22.0 Å². The molecular weight excluding hydrogens is 568 g/mol. The lowest BCUT2D eigenvalue weighted by molar-refractivity contribution is -0.387.